The number of carbonyl (C=O) groups is 1. The van der Waals surface area contributed by atoms with Crippen molar-refractivity contribution in [3.8, 4) is 0 Å². The van der Waals surface area contributed by atoms with E-state index in [4.69, 9.17) is 0 Å². The molecule has 0 saturated heterocycles. The predicted octanol–water partition coefficient (Wildman–Crippen LogP) is 2.21. The molecule has 1 aliphatic carbocycles. The molecular weight excluding hydrogens is 200 g/mol. The molecule has 0 bridgehead atoms. The van der Waals surface area contributed by atoms with Gasteiger partial charge in [0.15, 0.2) is 0 Å². The summed E-state index contributed by atoms with van der Waals surface area (Å²) in [5.41, 5.74) is 0. The first-order valence-electron chi connectivity index (χ1n) is 6.75. The van der Waals surface area contributed by atoms with Crippen molar-refractivity contribution in [2.75, 3.05) is 6.54 Å². The van der Waals surface area contributed by atoms with E-state index in [0.29, 0.717) is 18.6 Å². The first kappa shape index (κ1) is 13.5. The maximum Gasteiger partial charge on any atom is 0.234 e. The lowest BCUT2D eigenvalue weighted by Gasteiger charge is -2.17. The number of rotatable bonds is 5. The zero-order valence-electron chi connectivity index (χ0n) is 10.7. The van der Waals surface area contributed by atoms with E-state index in [1.54, 1.807) is 0 Å². The maximum absolute atomic E-state index is 11.6. The van der Waals surface area contributed by atoms with Gasteiger partial charge in [-0.25, -0.2) is 0 Å². The minimum atomic E-state index is 0.138. The van der Waals surface area contributed by atoms with Gasteiger partial charge in [0.25, 0.3) is 0 Å². The maximum atomic E-state index is 11.6. The Kier molecular flexibility index (Phi) is 6.46. The Hall–Kier alpha value is -0.570. The number of hydrogen-bond acceptors (Lipinski definition) is 2. The molecule has 16 heavy (non-hydrogen) atoms. The molecule has 0 heterocycles. The summed E-state index contributed by atoms with van der Waals surface area (Å²) in [4.78, 5) is 11.6. The van der Waals surface area contributed by atoms with Crippen LogP contribution in [-0.4, -0.2) is 24.5 Å². The fourth-order valence-electron chi connectivity index (χ4n) is 2.15. The Balaban J connectivity index is 2.14. The Morgan fingerprint density at radius 3 is 2.44 bits per heavy atom. The lowest BCUT2D eigenvalue weighted by Crippen LogP contribution is -2.42. The quantitative estimate of drug-likeness (QED) is 0.706. The van der Waals surface area contributed by atoms with Crippen LogP contribution in [0.4, 0.5) is 0 Å². The van der Waals surface area contributed by atoms with Gasteiger partial charge in [0.1, 0.15) is 0 Å². The van der Waals surface area contributed by atoms with E-state index in [0.717, 1.165) is 6.42 Å². The van der Waals surface area contributed by atoms with Crippen LogP contribution in [0.2, 0.25) is 0 Å². The lowest BCUT2D eigenvalue weighted by molar-refractivity contribution is -0.121. The van der Waals surface area contributed by atoms with Gasteiger partial charge >= 0.3 is 0 Å². The number of amides is 1. The minimum absolute atomic E-state index is 0.138. The second kappa shape index (κ2) is 7.66. The molecule has 1 saturated carbocycles. The largest absolute Gasteiger partial charge is 0.353 e. The molecule has 1 atom stereocenters. The molecule has 1 aliphatic rings. The number of nitrogens with one attached hydrogen (secondary N) is 2. The van der Waals surface area contributed by atoms with Crippen molar-refractivity contribution in [3.63, 3.8) is 0 Å². The van der Waals surface area contributed by atoms with E-state index < -0.39 is 0 Å². The van der Waals surface area contributed by atoms with Crippen LogP contribution in [0, 0.1) is 0 Å². The average molecular weight is 226 g/mol. The molecule has 0 aromatic carbocycles. The van der Waals surface area contributed by atoms with Gasteiger partial charge < -0.3 is 10.6 Å². The second-order valence-corrected chi connectivity index (χ2v) is 4.95. The van der Waals surface area contributed by atoms with Gasteiger partial charge in [-0.05, 0) is 26.2 Å². The van der Waals surface area contributed by atoms with Gasteiger partial charge in [0.2, 0.25) is 5.91 Å². The molecule has 1 fully saturated rings. The van der Waals surface area contributed by atoms with Crippen molar-refractivity contribution in [1.29, 1.82) is 0 Å². The van der Waals surface area contributed by atoms with Crippen molar-refractivity contribution >= 4 is 5.91 Å². The first-order chi connectivity index (χ1) is 7.72. The van der Waals surface area contributed by atoms with Crippen LogP contribution in [0.1, 0.15) is 58.8 Å². The number of carbonyl (C=O) groups excluding carboxylic acids is 1. The van der Waals surface area contributed by atoms with Gasteiger partial charge in [0.05, 0.1) is 6.54 Å². The highest BCUT2D eigenvalue weighted by Gasteiger charge is 2.13. The van der Waals surface area contributed by atoms with Crippen LogP contribution < -0.4 is 10.6 Å². The molecule has 1 amide bonds. The Morgan fingerprint density at radius 1 is 1.25 bits per heavy atom. The molecule has 0 radical (unpaired) electrons. The van der Waals surface area contributed by atoms with E-state index in [1.807, 2.05) is 6.92 Å². The van der Waals surface area contributed by atoms with Crippen LogP contribution in [0.3, 0.4) is 0 Å². The molecule has 1 unspecified atom stereocenters. The monoisotopic (exact) mass is 226 g/mol. The normalized spacial score (nSPS) is 20.1. The summed E-state index contributed by atoms with van der Waals surface area (Å²) < 4.78 is 0. The van der Waals surface area contributed by atoms with Gasteiger partial charge in [-0.2, -0.15) is 0 Å². The Morgan fingerprint density at radius 2 is 1.88 bits per heavy atom. The smallest absolute Gasteiger partial charge is 0.234 e. The van der Waals surface area contributed by atoms with Crippen molar-refractivity contribution in [1.82, 2.24) is 10.6 Å². The molecule has 1 rings (SSSR count). The molecule has 0 spiro atoms. The Bertz CT molecular complexity index is 198. The Labute approximate surface area is 99.4 Å². The second-order valence-electron chi connectivity index (χ2n) is 4.95. The van der Waals surface area contributed by atoms with E-state index in [2.05, 4.69) is 17.6 Å². The molecule has 0 aromatic rings. The first-order valence-corrected chi connectivity index (χ1v) is 6.75. The van der Waals surface area contributed by atoms with E-state index in [-0.39, 0.29) is 5.91 Å². The lowest BCUT2D eigenvalue weighted by atomic mass is 10.1. The molecule has 0 aromatic heterocycles. The van der Waals surface area contributed by atoms with Gasteiger partial charge in [-0.15, -0.1) is 0 Å². The molecular formula is C13H26N2O. The fraction of sp³-hybridized carbons (Fsp3) is 0.923. The summed E-state index contributed by atoms with van der Waals surface area (Å²) in [5.74, 6) is 0.138. The fourth-order valence-corrected chi connectivity index (χ4v) is 2.15. The minimum Gasteiger partial charge on any atom is -0.353 e. The van der Waals surface area contributed by atoms with Crippen LogP contribution in [0.15, 0.2) is 0 Å². The van der Waals surface area contributed by atoms with Gasteiger partial charge in [0, 0.05) is 12.1 Å². The third-order valence-corrected chi connectivity index (χ3v) is 3.43. The third-order valence-electron chi connectivity index (χ3n) is 3.43. The molecule has 0 aliphatic heterocycles. The topological polar surface area (TPSA) is 41.1 Å². The highest BCUT2D eigenvalue weighted by Crippen LogP contribution is 2.16. The highest BCUT2D eigenvalue weighted by atomic mass is 16.1. The van der Waals surface area contributed by atoms with Crippen LogP contribution >= 0.6 is 0 Å². The van der Waals surface area contributed by atoms with Crippen LogP contribution in [0.25, 0.3) is 0 Å². The molecule has 3 nitrogen and oxygen atoms in total. The molecule has 3 heteroatoms. The highest BCUT2D eigenvalue weighted by molar-refractivity contribution is 5.78. The summed E-state index contributed by atoms with van der Waals surface area (Å²) in [6.07, 6.45) is 8.80. The summed E-state index contributed by atoms with van der Waals surface area (Å²) in [7, 11) is 0. The van der Waals surface area contributed by atoms with Crippen LogP contribution in [0.5, 0.6) is 0 Å². The van der Waals surface area contributed by atoms with E-state index in [9.17, 15) is 4.79 Å². The summed E-state index contributed by atoms with van der Waals surface area (Å²) in [6.45, 7) is 4.61. The van der Waals surface area contributed by atoms with E-state index in [1.165, 1.54) is 38.5 Å². The predicted molar refractivity (Wildman–Crippen MR) is 67.4 cm³/mol. The zero-order chi connectivity index (χ0) is 11.8. The summed E-state index contributed by atoms with van der Waals surface area (Å²) >= 11 is 0. The SMILES string of the molecule is CCC(C)NC(=O)CNC1CCCCCC1. The zero-order valence-corrected chi connectivity index (χ0v) is 10.7. The van der Waals surface area contributed by atoms with E-state index >= 15 is 0 Å². The number of hydrogen-bond donors (Lipinski definition) is 2. The molecule has 94 valence electrons. The summed E-state index contributed by atoms with van der Waals surface area (Å²) in [6, 6.07) is 0.855. The standard InChI is InChI=1S/C13H26N2O/c1-3-11(2)15-13(16)10-14-12-8-6-4-5-7-9-12/h11-12,14H,3-10H2,1-2H3,(H,15,16). The van der Waals surface area contributed by atoms with Crippen molar-refractivity contribution < 1.29 is 4.79 Å². The van der Waals surface area contributed by atoms with Crippen molar-refractivity contribution in [2.45, 2.75) is 70.9 Å². The van der Waals surface area contributed by atoms with Gasteiger partial charge in [-0.1, -0.05) is 32.6 Å². The third kappa shape index (κ3) is 5.50. The summed E-state index contributed by atoms with van der Waals surface area (Å²) in [5, 5.41) is 6.36. The molecule has 2 N–H and O–H groups in total. The van der Waals surface area contributed by atoms with Crippen LogP contribution in [-0.2, 0) is 4.79 Å². The van der Waals surface area contributed by atoms with Gasteiger partial charge in [-0.3, -0.25) is 4.79 Å². The average Bonchev–Trinajstić information content (AvgIpc) is 2.54. The van der Waals surface area contributed by atoms with Crippen molar-refractivity contribution in [2.24, 2.45) is 0 Å². The van der Waals surface area contributed by atoms with Crippen molar-refractivity contribution in [3.05, 3.63) is 0 Å².